The fourth-order valence-electron chi connectivity index (χ4n) is 2.02. The van der Waals surface area contributed by atoms with Gasteiger partial charge in [0.2, 0.25) is 5.76 Å². The van der Waals surface area contributed by atoms with E-state index >= 15 is 0 Å². The Morgan fingerprint density at radius 2 is 1.96 bits per heavy atom. The Morgan fingerprint density at radius 3 is 2.64 bits per heavy atom. The SMILES string of the molecule is Cc1cc(NC(=O)COC(=O)c2ccc(-c3ccc(Cl)cc3)o2)no1. The number of amides is 1. The van der Waals surface area contributed by atoms with Gasteiger partial charge in [0, 0.05) is 16.7 Å². The first-order valence-corrected chi connectivity index (χ1v) is 7.65. The molecule has 128 valence electrons. The van der Waals surface area contributed by atoms with Crippen LogP contribution in [-0.2, 0) is 9.53 Å². The minimum Gasteiger partial charge on any atom is -0.450 e. The average molecular weight is 361 g/mol. The van der Waals surface area contributed by atoms with E-state index in [1.54, 1.807) is 43.3 Å². The third-order valence-electron chi connectivity index (χ3n) is 3.17. The van der Waals surface area contributed by atoms with Gasteiger partial charge in [0.25, 0.3) is 5.91 Å². The van der Waals surface area contributed by atoms with Gasteiger partial charge in [0.05, 0.1) is 0 Å². The van der Waals surface area contributed by atoms with Gasteiger partial charge in [0.1, 0.15) is 11.5 Å². The maximum absolute atomic E-state index is 12.0. The summed E-state index contributed by atoms with van der Waals surface area (Å²) in [4.78, 5) is 23.7. The highest BCUT2D eigenvalue weighted by atomic mass is 35.5. The van der Waals surface area contributed by atoms with E-state index in [0.29, 0.717) is 16.5 Å². The molecular formula is C17H13ClN2O5. The highest BCUT2D eigenvalue weighted by Crippen LogP contribution is 2.24. The van der Waals surface area contributed by atoms with Crippen molar-refractivity contribution in [1.29, 1.82) is 0 Å². The van der Waals surface area contributed by atoms with E-state index in [-0.39, 0.29) is 11.6 Å². The molecule has 3 rings (SSSR count). The third kappa shape index (κ3) is 4.27. The maximum Gasteiger partial charge on any atom is 0.374 e. The van der Waals surface area contributed by atoms with Gasteiger partial charge in [-0.2, -0.15) is 0 Å². The van der Waals surface area contributed by atoms with Crippen molar-refractivity contribution in [1.82, 2.24) is 5.16 Å². The molecule has 0 aliphatic heterocycles. The van der Waals surface area contributed by atoms with Crippen LogP contribution in [0.3, 0.4) is 0 Å². The lowest BCUT2D eigenvalue weighted by molar-refractivity contribution is -0.119. The van der Waals surface area contributed by atoms with Crippen LogP contribution in [0.15, 0.2) is 51.4 Å². The lowest BCUT2D eigenvalue weighted by Gasteiger charge is -2.02. The van der Waals surface area contributed by atoms with Crippen LogP contribution >= 0.6 is 11.6 Å². The second kappa shape index (κ2) is 7.23. The Bertz CT molecular complexity index is 898. The van der Waals surface area contributed by atoms with Crippen LogP contribution in [0, 0.1) is 6.92 Å². The molecule has 1 aromatic carbocycles. The quantitative estimate of drug-likeness (QED) is 0.697. The predicted octanol–water partition coefficient (Wildman–Crippen LogP) is 3.69. The van der Waals surface area contributed by atoms with Crippen LogP contribution in [0.2, 0.25) is 5.02 Å². The monoisotopic (exact) mass is 360 g/mol. The zero-order chi connectivity index (χ0) is 17.8. The molecule has 8 heteroatoms. The van der Waals surface area contributed by atoms with Crippen molar-refractivity contribution < 1.29 is 23.3 Å². The molecule has 1 amide bonds. The first kappa shape index (κ1) is 16.8. The molecule has 2 heterocycles. The number of anilines is 1. The van der Waals surface area contributed by atoms with Crippen LogP contribution < -0.4 is 5.32 Å². The molecule has 0 radical (unpaired) electrons. The number of ether oxygens (including phenoxy) is 1. The molecule has 0 unspecified atom stereocenters. The minimum absolute atomic E-state index is 0.00460. The number of rotatable bonds is 5. The van der Waals surface area contributed by atoms with Crippen LogP contribution in [0.1, 0.15) is 16.3 Å². The first-order chi connectivity index (χ1) is 12.0. The molecular weight excluding hydrogens is 348 g/mol. The molecule has 1 N–H and O–H groups in total. The van der Waals surface area contributed by atoms with Gasteiger partial charge in [-0.15, -0.1) is 0 Å². The van der Waals surface area contributed by atoms with Gasteiger partial charge in [-0.3, -0.25) is 4.79 Å². The lowest BCUT2D eigenvalue weighted by atomic mass is 10.2. The summed E-state index contributed by atoms with van der Waals surface area (Å²) < 4.78 is 15.2. The molecule has 0 aliphatic rings. The van der Waals surface area contributed by atoms with E-state index in [4.69, 9.17) is 25.3 Å². The molecule has 3 aromatic rings. The Kier molecular flexibility index (Phi) is 4.85. The minimum atomic E-state index is -0.744. The van der Waals surface area contributed by atoms with Gasteiger partial charge in [0.15, 0.2) is 12.4 Å². The van der Waals surface area contributed by atoms with E-state index in [2.05, 4.69) is 10.5 Å². The van der Waals surface area contributed by atoms with Gasteiger partial charge >= 0.3 is 5.97 Å². The zero-order valence-electron chi connectivity index (χ0n) is 13.1. The zero-order valence-corrected chi connectivity index (χ0v) is 13.9. The van der Waals surface area contributed by atoms with Crippen molar-refractivity contribution in [2.45, 2.75) is 6.92 Å². The molecule has 0 spiro atoms. The van der Waals surface area contributed by atoms with E-state index < -0.39 is 18.5 Å². The van der Waals surface area contributed by atoms with Crippen LogP contribution in [0.5, 0.6) is 0 Å². The average Bonchev–Trinajstić information content (AvgIpc) is 3.23. The molecule has 25 heavy (non-hydrogen) atoms. The maximum atomic E-state index is 12.0. The van der Waals surface area contributed by atoms with E-state index in [0.717, 1.165) is 5.56 Å². The van der Waals surface area contributed by atoms with Gasteiger partial charge in [-0.05, 0) is 43.3 Å². The van der Waals surface area contributed by atoms with Gasteiger partial charge in [-0.25, -0.2) is 4.79 Å². The second-order valence-electron chi connectivity index (χ2n) is 5.12. The number of hydrogen-bond donors (Lipinski definition) is 1. The summed E-state index contributed by atoms with van der Waals surface area (Å²) in [6.07, 6.45) is 0. The summed E-state index contributed by atoms with van der Waals surface area (Å²) >= 11 is 5.83. The third-order valence-corrected chi connectivity index (χ3v) is 3.42. The van der Waals surface area contributed by atoms with Crippen molar-refractivity contribution >= 4 is 29.3 Å². The molecule has 0 fully saturated rings. The highest BCUT2D eigenvalue weighted by Gasteiger charge is 2.16. The Morgan fingerprint density at radius 1 is 1.20 bits per heavy atom. The van der Waals surface area contributed by atoms with Crippen molar-refractivity contribution in [2.75, 3.05) is 11.9 Å². The molecule has 0 bridgehead atoms. The number of benzene rings is 1. The Balaban J connectivity index is 1.56. The van der Waals surface area contributed by atoms with Crippen molar-refractivity contribution in [2.24, 2.45) is 0 Å². The van der Waals surface area contributed by atoms with E-state index in [1.165, 1.54) is 6.07 Å². The first-order valence-electron chi connectivity index (χ1n) is 7.27. The Labute approximate surface area is 147 Å². The summed E-state index contributed by atoms with van der Waals surface area (Å²) in [6.45, 7) is 1.22. The van der Waals surface area contributed by atoms with Gasteiger partial charge < -0.3 is 19.0 Å². The fraction of sp³-hybridized carbons (Fsp3) is 0.118. The normalized spacial score (nSPS) is 10.5. The number of carbonyl (C=O) groups excluding carboxylic acids is 2. The largest absolute Gasteiger partial charge is 0.450 e. The fourth-order valence-corrected chi connectivity index (χ4v) is 2.15. The summed E-state index contributed by atoms with van der Waals surface area (Å²) in [5, 5.41) is 6.65. The smallest absolute Gasteiger partial charge is 0.374 e. The standard InChI is InChI=1S/C17H13ClN2O5/c1-10-8-15(20-25-10)19-16(21)9-23-17(22)14-7-6-13(24-14)11-2-4-12(18)5-3-11/h2-8H,9H2,1H3,(H,19,20,21). The highest BCUT2D eigenvalue weighted by molar-refractivity contribution is 6.30. The number of aryl methyl sites for hydroxylation is 1. The van der Waals surface area contributed by atoms with Gasteiger partial charge in [-0.1, -0.05) is 16.8 Å². The van der Waals surface area contributed by atoms with Crippen LogP contribution in [-0.4, -0.2) is 23.6 Å². The number of nitrogens with one attached hydrogen (secondary N) is 1. The number of aromatic nitrogens is 1. The second-order valence-corrected chi connectivity index (χ2v) is 5.55. The van der Waals surface area contributed by atoms with Crippen LogP contribution in [0.25, 0.3) is 11.3 Å². The number of halogens is 1. The number of hydrogen-bond acceptors (Lipinski definition) is 6. The van der Waals surface area contributed by atoms with Crippen molar-refractivity contribution in [3.8, 4) is 11.3 Å². The molecule has 0 saturated heterocycles. The summed E-state index contributed by atoms with van der Waals surface area (Å²) in [7, 11) is 0. The number of esters is 1. The topological polar surface area (TPSA) is 94.6 Å². The van der Waals surface area contributed by atoms with E-state index in [1.807, 2.05) is 0 Å². The predicted molar refractivity (Wildman–Crippen MR) is 89.3 cm³/mol. The number of nitrogens with zero attached hydrogens (tertiary/aromatic N) is 1. The van der Waals surface area contributed by atoms with Crippen LogP contribution in [0.4, 0.5) is 5.82 Å². The Hall–Kier alpha value is -3.06. The lowest BCUT2D eigenvalue weighted by Crippen LogP contribution is -2.20. The summed E-state index contributed by atoms with van der Waals surface area (Å²) in [5.41, 5.74) is 0.766. The number of carbonyl (C=O) groups is 2. The van der Waals surface area contributed by atoms with Crippen molar-refractivity contribution in [3.05, 3.63) is 59.0 Å². The molecule has 0 atom stereocenters. The molecule has 0 aliphatic carbocycles. The molecule has 7 nitrogen and oxygen atoms in total. The molecule has 0 saturated carbocycles. The number of furan rings is 1. The van der Waals surface area contributed by atoms with Crippen molar-refractivity contribution in [3.63, 3.8) is 0 Å². The summed E-state index contributed by atoms with van der Waals surface area (Å²) in [5.74, 6) is 0.0122. The van der Waals surface area contributed by atoms with E-state index in [9.17, 15) is 9.59 Å². The summed E-state index contributed by atoms with van der Waals surface area (Å²) in [6, 6.07) is 11.6. The molecule has 2 aromatic heterocycles.